The van der Waals surface area contributed by atoms with Crippen molar-refractivity contribution in [3.05, 3.63) is 35.4 Å². The molecule has 2 nitrogen and oxygen atoms in total. The van der Waals surface area contributed by atoms with Crippen molar-refractivity contribution in [2.24, 2.45) is 11.8 Å². The molecule has 2 fully saturated rings. The van der Waals surface area contributed by atoms with Gasteiger partial charge in [0.05, 0.1) is 6.61 Å². The molecule has 0 heterocycles. The van der Waals surface area contributed by atoms with Crippen molar-refractivity contribution in [2.75, 3.05) is 6.61 Å². The summed E-state index contributed by atoms with van der Waals surface area (Å²) < 4.78 is 0. The Labute approximate surface area is 135 Å². The van der Waals surface area contributed by atoms with Crippen molar-refractivity contribution in [1.29, 1.82) is 0 Å². The normalized spacial score (nSPS) is 29.3. The van der Waals surface area contributed by atoms with Crippen LogP contribution in [0.15, 0.2) is 24.3 Å². The molecule has 22 heavy (non-hydrogen) atoms. The Morgan fingerprint density at radius 3 is 2.50 bits per heavy atom. The molecular weight excluding hydrogens is 270 g/mol. The van der Waals surface area contributed by atoms with Crippen molar-refractivity contribution in [2.45, 2.75) is 70.4 Å². The van der Waals surface area contributed by atoms with Crippen LogP contribution in [0.1, 0.15) is 63.0 Å². The van der Waals surface area contributed by atoms with E-state index in [0.29, 0.717) is 0 Å². The lowest BCUT2D eigenvalue weighted by molar-refractivity contribution is 0.104. The van der Waals surface area contributed by atoms with Gasteiger partial charge in [-0.05, 0) is 55.1 Å². The van der Waals surface area contributed by atoms with E-state index in [2.05, 4.69) is 36.5 Å². The molecule has 1 aromatic carbocycles. The molecule has 0 atom stereocenters. The lowest BCUT2D eigenvalue weighted by atomic mass is 9.77. The first-order valence-corrected chi connectivity index (χ1v) is 9.13. The van der Waals surface area contributed by atoms with Gasteiger partial charge in [0, 0.05) is 12.1 Å². The predicted octanol–water partition coefficient (Wildman–Crippen LogP) is 4.06. The van der Waals surface area contributed by atoms with Crippen molar-refractivity contribution in [3.8, 4) is 0 Å². The van der Waals surface area contributed by atoms with E-state index in [1.54, 1.807) is 0 Å². The number of aliphatic hydroxyl groups is 1. The number of aliphatic hydroxyl groups excluding tert-OH is 1. The monoisotopic (exact) mass is 301 g/mol. The standard InChI is InChI=1S/C20H31NO/c1-16-8-10-20(15-22,11-9-16)21-14-19-7-3-6-18(13-19)12-17-4-2-5-17/h3,6-7,13,16-17,21-22H,2,4-5,8-12,14-15H2,1H3. The van der Waals surface area contributed by atoms with Crippen LogP contribution in [0.4, 0.5) is 0 Å². The average molecular weight is 301 g/mol. The second-order valence-corrected chi connectivity index (χ2v) is 7.80. The second kappa shape index (κ2) is 7.14. The molecule has 0 aromatic heterocycles. The van der Waals surface area contributed by atoms with E-state index >= 15 is 0 Å². The zero-order valence-electron chi connectivity index (χ0n) is 14.0. The fourth-order valence-electron chi connectivity index (χ4n) is 3.89. The maximum Gasteiger partial charge on any atom is 0.0613 e. The highest BCUT2D eigenvalue weighted by atomic mass is 16.3. The van der Waals surface area contributed by atoms with Gasteiger partial charge >= 0.3 is 0 Å². The van der Waals surface area contributed by atoms with Crippen LogP contribution >= 0.6 is 0 Å². The van der Waals surface area contributed by atoms with E-state index < -0.39 is 0 Å². The maximum absolute atomic E-state index is 9.86. The minimum atomic E-state index is -0.0452. The first-order valence-electron chi connectivity index (χ1n) is 9.13. The van der Waals surface area contributed by atoms with E-state index in [4.69, 9.17) is 0 Å². The molecule has 2 aliphatic carbocycles. The van der Waals surface area contributed by atoms with E-state index in [-0.39, 0.29) is 12.1 Å². The van der Waals surface area contributed by atoms with Gasteiger partial charge < -0.3 is 10.4 Å². The molecule has 0 aliphatic heterocycles. The first-order chi connectivity index (χ1) is 10.7. The summed E-state index contributed by atoms with van der Waals surface area (Å²) >= 11 is 0. The van der Waals surface area contributed by atoms with Crippen molar-refractivity contribution < 1.29 is 5.11 Å². The summed E-state index contributed by atoms with van der Waals surface area (Å²) in [5.74, 6) is 1.74. The van der Waals surface area contributed by atoms with Gasteiger partial charge in [0.2, 0.25) is 0 Å². The van der Waals surface area contributed by atoms with E-state index in [9.17, 15) is 5.11 Å². The Bertz CT molecular complexity index is 472. The molecule has 0 radical (unpaired) electrons. The third-order valence-corrected chi connectivity index (χ3v) is 5.94. The molecular formula is C20H31NO. The molecule has 2 N–H and O–H groups in total. The van der Waals surface area contributed by atoms with Gasteiger partial charge in [-0.15, -0.1) is 0 Å². The van der Waals surface area contributed by atoms with Crippen molar-refractivity contribution in [3.63, 3.8) is 0 Å². The van der Waals surface area contributed by atoms with Crippen LogP contribution in [0, 0.1) is 11.8 Å². The lowest BCUT2D eigenvalue weighted by Crippen LogP contribution is -2.50. The molecule has 0 spiro atoms. The third-order valence-electron chi connectivity index (χ3n) is 5.94. The molecule has 122 valence electrons. The highest BCUT2D eigenvalue weighted by molar-refractivity contribution is 5.24. The number of hydrogen-bond acceptors (Lipinski definition) is 2. The number of rotatable bonds is 6. The van der Waals surface area contributed by atoms with Gasteiger partial charge in [-0.3, -0.25) is 0 Å². The van der Waals surface area contributed by atoms with Gasteiger partial charge in [0.15, 0.2) is 0 Å². The lowest BCUT2D eigenvalue weighted by Gasteiger charge is -2.39. The molecule has 2 saturated carbocycles. The van der Waals surface area contributed by atoms with E-state index in [1.807, 2.05) is 0 Å². The Morgan fingerprint density at radius 2 is 1.86 bits per heavy atom. The van der Waals surface area contributed by atoms with Crippen LogP contribution in [-0.4, -0.2) is 17.3 Å². The van der Waals surface area contributed by atoms with E-state index in [0.717, 1.165) is 31.2 Å². The van der Waals surface area contributed by atoms with Gasteiger partial charge in [-0.2, -0.15) is 0 Å². The molecule has 0 unspecified atom stereocenters. The van der Waals surface area contributed by atoms with Crippen LogP contribution in [0.3, 0.4) is 0 Å². The Morgan fingerprint density at radius 1 is 1.14 bits per heavy atom. The summed E-state index contributed by atoms with van der Waals surface area (Å²) in [4.78, 5) is 0. The van der Waals surface area contributed by atoms with Crippen LogP contribution in [0.25, 0.3) is 0 Å². The first kappa shape index (κ1) is 16.0. The van der Waals surface area contributed by atoms with Crippen LogP contribution in [0.2, 0.25) is 0 Å². The minimum absolute atomic E-state index is 0.0452. The summed E-state index contributed by atoms with van der Waals surface area (Å²) in [6.07, 6.45) is 10.2. The topological polar surface area (TPSA) is 32.3 Å². The second-order valence-electron chi connectivity index (χ2n) is 7.80. The summed E-state index contributed by atoms with van der Waals surface area (Å²) in [5, 5.41) is 13.5. The fourth-order valence-corrected chi connectivity index (χ4v) is 3.89. The van der Waals surface area contributed by atoms with Crippen LogP contribution in [-0.2, 0) is 13.0 Å². The zero-order chi connectivity index (χ0) is 15.4. The van der Waals surface area contributed by atoms with Gasteiger partial charge in [0.25, 0.3) is 0 Å². The molecule has 0 amide bonds. The van der Waals surface area contributed by atoms with E-state index in [1.165, 1.54) is 49.7 Å². The predicted molar refractivity (Wildman–Crippen MR) is 91.8 cm³/mol. The van der Waals surface area contributed by atoms with Crippen molar-refractivity contribution >= 4 is 0 Å². The molecule has 0 saturated heterocycles. The largest absolute Gasteiger partial charge is 0.394 e. The number of hydrogen-bond donors (Lipinski definition) is 2. The van der Waals surface area contributed by atoms with Gasteiger partial charge in [-0.25, -0.2) is 0 Å². The smallest absolute Gasteiger partial charge is 0.0613 e. The Balaban J connectivity index is 1.56. The average Bonchev–Trinajstić information content (AvgIpc) is 2.51. The molecule has 2 heteroatoms. The summed E-state index contributed by atoms with van der Waals surface area (Å²) in [7, 11) is 0. The van der Waals surface area contributed by atoms with Crippen LogP contribution < -0.4 is 5.32 Å². The SMILES string of the molecule is CC1CCC(CO)(NCc2cccc(CC3CCC3)c2)CC1. The molecule has 2 aliphatic rings. The van der Waals surface area contributed by atoms with Crippen molar-refractivity contribution in [1.82, 2.24) is 5.32 Å². The summed E-state index contributed by atoms with van der Waals surface area (Å²) in [6, 6.07) is 9.04. The number of benzene rings is 1. The van der Waals surface area contributed by atoms with Gasteiger partial charge in [-0.1, -0.05) is 50.5 Å². The molecule has 1 aromatic rings. The quantitative estimate of drug-likeness (QED) is 0.830. The molecule has 0 bridgehead atoms. The fraction of sp³-hybridized carbons (Fsp3) is 0.700. The highest BCUT2D eigenvalue weighted by Crippen LogP contribution is 2.32. The van der Waals surface area contributed by atoms with Crippen LogP contribution in [0.5, 0.6) is 0 Å². The minimum Gasteiger partial charge on any atom is -0.394 e. The number of nitrogens with one attached hydrogen (secondary N) is 1. The Kier molecular flexibility index (Phi) is 5.20. The Hall–Kier alpha value is -0.860. The van der Waals surface area contributed by atoms with Gasteiger partial charge in [0.1, 0.15) is 0 Å². The molecule has 3 rings (SSSR count). The summed E-state index contributed by atoms with van der Waals surface area (Å²) in [6.45, 7) is 3.47. The highest BCUT2D eigenvalue weighted by Gasteiger charge is 2.32. The maximum atomic E-state index is 9.86. The zero-order valence-corrected chi connectivity index (χ0v) is 14.0. The summed E-state index contributed by atoms with van der Waals surface area (Å²) in [5.41, 5.74) is 2.80. The third kappa shape index (κ3) is 3.91.